The minimum Gasteiger partial charge on any atom is -0.373 e. The van der Waals surface area contributed by atoms with E-state index in [1.165, 1.54) is 12.1 Å². The lowest BCUT2D eigenvalue weighted by atomic mass is 9.62. The summed E-state index contributed by atoms with van der Waals surface area (Å²) in [5.41, 5.74) is 3.09. The largest absolute Gasteiger partial charge is 0.373 e. The van der Waals surface area contributed by atoms with Crippen LogP contribution < -0.4 is 5.46 Å². The third kappa shape index (κ3) is 3.20. The van der Waals surface area contributed by atoms with Crippen LogP contribution in [0.3, 0.4) is 0 Å². The molecule has 0 fully saturated rings. The van der Waals surface area contributed by atoms with E-state index in [-0.39, 0.29) is 11.9 Å². The maximum absolute atomic E-state index is 13.1. The van der Waals surface area contributed by atoms with Gasteiger partial charge in [-0.15, -0.1) is 6.07 Å². The maximum Gasteiger partial charge on any atom is 0.119 e. The Labute approximate surface area is 108 Å². The van der Waals surface area contributed by atoms with Gasteiger partial charge in [0.25, 0.3) is 0 Å². The van der Waals surface area contributed by atoms with Crippen LogP contribution in [0.4, 0.5) is 4.39 Å². The van der Waals surface area contributed by atoms with Crippen LogP contribution in [-0.4, -0.2) is 20.5 Å². The number of benzene rings is 1. The Bertz CT molecular complexity index is 501. The monoisotopic (exact) mass is 241 g/mol. The molecule has 18 heavy (non-hydrogen) atoms. The maximum atomic E-state index is 13.1. The lowest BCUT2D eigenvalue weighted by Crippen LogP contribution is -2.17. The molecule has 0 heterocycles. The third-order valence-corrected chi connectivity index (χ3v) is 2.89. The third-order valence-electron chi connectivity index (χ3n) is 2.89. The van der Waals surface area contributed by atoms with Gasteiger partial charge in [0.05, 0.1) is 6.10 Å². The van der Waals surface area contributed by atoms with Gasteiger partial charge >= 0.3 is 0 Å². The number of hydrogen-bond donors (Lipinski definition) is 0. The SMILES string of the molecule is COC1C=CC(=C(C)[B-]c2cccc(F)c2)C=C1. The van der Waals surface area contributed by atoms with E-state index in [0.29, 0.717) is 0 Å². The van der Waals surface area contributed by atoms with Crippen LogP contribution in [0, 0.1) is 5.82 Å². The number of hydrogen-bond acceptors (Lipinski definition) is 1. The number of ether oxygens (including phenoxy) is 1. The Morgan fingerprint density at radius 3 is 2.61 bits per heavy atom. The van der Waals surface area contributed by atoms with Crippen LogP contribution in [0.1, 0.15) is 6.92 Å². The van der Waals surface area contributed by atoms with E-state index in [2.05, 4.69) is 0 Å². The second kappa shape index (κ2) is 5.83. The number of halogens is 1. The zero-order valence-corrected chi connectivity index (χ0v) is 10.6. The van der Waals surface area contributed by atoms with E-state index in [1.807, 2.05) is 44.6 Å². The van der Waals surface area contributed by atoms with Crippen LogP contribution in [0.2, 0.25) is 0 Å². The Kier molecular flexibility index (Phi) is 4.16. The van der Waals surface area contributed by atoms with Crippen molar-refractivity contribution in [3.05, 3.63) is 65.4 Å². The summed E-state index contributed by atoms with van der Waals surface area (Å²) in [5, 5.41) is 0. The molecule has 0 saturated heterocycles. The minimum absolute atomic E-state index is 0.0516. The molecule has 0 atom stereocenters. The first-order valence-electron chi connectivity index (χ1n) is 5.89. The molecule has 0 N–H and O–H groups in total. The van der Waals surface area contributed by atoms with Gasteiger partial charge < -0.3 is 4.74 Å². The summed E-state index contributed by atoms with van der Waals surface area (Å²) in [7, 11) is 3.65. The number of rotatable bonds is 3. The average Bonchev–Trinajstić information content (AvgIpc) is 2.39. The first-order chi connectivity index (χ1) is 8.69. The molecule has 0 spiro atoms. The standard InChI is InChI=1S/C15H15BFO/c1-11(12-6-8-15(18-2)9-7-12)16-13-4-3-5-14(17)10-13/h3-10,15H,1-2H3/q-1. The van der Waals surface area contributed by atoms with Gasteiger partial charge in [-0.1, -0.05) is 48.9 Å². The van der Waals surface area contributed by atoms with Crippen molar-refractivity contribution in [2.24, 2.45) is 0 Å². The van der Waals surface area contributed by atoms with Gasteiger partial charge in [-0.3, -0.25) is 18.2 Å². The van der Waals surface area contributed by atoms with Gasteiger partial charge in [-0.25, -0.2) is 4.39 Å². The molecular formula is C15H15BFO-. The number of methoxy groups -OCH3 is 1. The van der Waals surface area contributed by atoms with Crippen molar-refractivity contribution in [2.75, 3.05) is 7.11 Å². The smallest absolute Gasteiger partial charge is 0.119 e. The summed E-state index contributed by atoms with van der Waals surface area (Å²) in [5.74, 6) is -0.212. The van der Waals surface area contributed by atoms with Gasteiger partial charge in [0.15, 0.2) is 0 Å². The van der Waals surface area contributed by atoms with Gasteiger partial charge in [-0.05, 0) is 6.07 Å². The first kappa shape index (κ1) is 12.8. The Balaban J connectivity index is 2.13. The van der Waals surface area contributed by atoms with Crippen LogP contribution in [0.25, 0.3) is 0 Å². The molecule has 92 valence electrons. The fraction of sp³-hybridized carbons (Fsp3) is 0.200. The van der Waals surface area contributed by atoms with Gasteiger partial charge in [0.2, 0.25) is 0 Å². The van der Waals surface area contributed by atoms with Crippen LogP contribution in [0.15, 0.2) is 59.6 Å². The topological polar surface area (TPSA) is 9.23 Å². The highest BCUT2D eigenvalue weighted by molar-refractivity contribution is 6.61. The highest BCUT2D eigenvalue weighted by Gasteiger charge is 2.01. The Hall–Kier alpha value is -1.61. The fourth-order valence-corrected chi connectivity index (χ4v) is 1.87. The van der Waals surface area contributed by atoms with Gasteiger partial charge in [0, 0.05) is 7.11 Å². The lowest BCUT2D eigenvalue weighted by molar-refractivity contribution is 0.177. The molecule has 2 radical (unpaired) electrons. The summed E-state index contributed by atoms with van der Waals surface area (Å²) in [6, 6.07) is 6.58. The predicted octanol–water partition coefficient (Wildman–Crippen LogP) is 2.57. The van der Waals surface area contributed by atoms with E-state index in [0.717, 1.165) is 16.5 Å². The highest BCUT2D eigenvalue weighted by atomic mass is 19.1. The average molecular weight is 241 g/mol. The second-order valence-electron chi connectivity index (χ2n) is 4.26. The number of allylic oxidation sites excluding steroid dienone is 4. The fourth-order valence-electron chi connectivity index (χ4n) is 1.87. The summed E-state index contributed by atoms with van der Waals surface area (Å²) in [4.78, 5) is 0. The summed E-state index contributed by atoms with van der Waals surface area (Å²) in [6.45, 7) is 2.02. The Morgan fingerprint density at radius 1 is 1.28 bits per heavy atom. The summed E-state index contributed by atoms with van der Waals surface area (Å²) >= 11 is 0. The van der Waals surface area contributed by atoms with E-state index in [9.17, 15) is 4.39 Å². The van der Waals surface area contributed by atoms with Crippen molar-refractivity contribution in [1.82, 2.24) is 0 Å². The van der Waals surface area contributed by atoms with E-state index < -0.39 is 0 Å². The van der Waals surface area contributed by atoms with E-state index >= 15 is 0 Å². The zero-order chi connectivity index (χ0) is 13.0. The van der Waals surface area contributed by atoms with Crippen LogP contribution in [-0.2, 0) is 4.74 Å². The molecule has 0 amide bonds. The molecule has 1 nitrogen and oxygen atoms in total. The minimum atomic E-state index is -0.212. The molecule has 1 aliphatic carbocycles. The van der Waals surface area contributed by atoms with Gasteiger partial charge in [-0.2, -0.15) is 0 Å². The van der Waals surface area contributed by atoms with Crippen LogP contribution in [0.5, 0.6) is 0 Å². The van der Waals surface area contributed by atoms with Gasteiger partial charge in [0.1, 0.15) is 5.82 Å². The summed E-state index contributed by atoms with van der Waals surface area (Å²) < 4.78 is 18.3. The molecule has 0 unspecified atom stereocenters. The van der Waals surface area contributed by atoms with Crippen molar-refractivity contribution in [3.8, 4) is 0 Å². The second-order valence-corrected chi connectivity index (χ2v) is 4.26. The molecule has 1 aromatic carbocycles. The highest BCUT2D eigenvalue weighted by Crippen LogP contribution is 2.14. The first-order valence-corrected chi connectivity index (χ1v) is 5.89. The molecule has 0 aromatic heterocycles. The quantitative estimate of drug-likeness (QED) is 0.739. The zero-order valence-electron chi connectivity index (χ0n) is 10.6. The Morgan fingerprint density at radius 2 is 2.00 bits per heavy atom. The lowest BCUT2D eigenvalue weighted by Gasteiger charge is -2.22. The molecule has 1 aliphatic rings. The molecule has 0 saturated carbocycles. The van der Waals surface area contributed by atoms with Crippen molar-refractivity contribution in [2.45, 2.75) is 13.0 Å². The van der Waals surface area contributed by atoms with Crippen molar-refractivity contribution in [1.29, 1.82) is 0 Å². The predicted molar refractivity (Wildman–Crippen MR) is 73.6 cm³/mol. The van der Waals surface area contributed by atoms with Crippen molar-refractivity contribution >= 4 is 12.7 Å². The van der Waals surface area contributed by atoms with E-state index in [4.69, 9.17) is 4.74 Å². The molecule has 0 aliphatic heterocycles. The van der Waals surface area contributed by atoms with Crippen molar-refractivity contribution < 1.29 is 9.13 Å². The summed E-state index contributed by atoms with van der Waals surface area (Å²) in [6.07, 6.45) is 8.10. The van der Waals surface area contributed by atoms with E-state index in [1.54, 1.807) is 13.2 Å². The normalized spacial score (nSPS) is 18.2. The molecule has 1 aromatic rings. The van der Waals surface area contributed by atoms with Crippen molar-refractivity contribution in [3.63, 3.8) is 0 Å². The molecular weight excluding hydrogens is 226 g/mol. The molecule has 3 heteroatoms. The molecule has 2 rings (SSSR count). The molecule has 0 bridgehead atoms. The van der Waals surface area contributed by atoms with Crippen LogP contribution >= 0.6 is 0 Å².